The molecule has 3 aromatic carbocycles. The fourth-order valence-electron chi connectivity index (χ4n) is 4.83. The van der Waals surface area contributed by atoms with Crippen molar-refractivity contribution in [3.63, 3.8) is 0 Å². The SMILES string of the molecule is COc1cc(C)cc(C(=O)N2CCC(c3ccc(NC(=O)c4cc([N+](=O)[O-])ccc4N(C)C)cc3)CC2)c1. The van der Waals surface area contributed by atoms with Crippen LogP contribution in [0.4, 0.5) is 17.1 Å². The zero-order valence-corrected chi connectivity index (χ0v) is 22.1. The van der Waals surface area contributed by atoms with Crippen LogP contribution in [-0.4, -0.2) is 55.9 Å². The van der Waals surface area contributed by atoms with E-state index in [9.17, 15) is 19.7 Å². The first-order chi connectivity index (χ1) is 18.2. The Bertz CT molecular complexity index is 1350. The second-order valence-electron chi connectivity index (χ2n) is 9.73. The molecule has 0 saturated carbocycles. The van der Waals surface area contributed by atoms with Gasteiger partial charge in [0.15, 0.2) is 0 Å². The van der Waals surface area contributed by atoms with E-state index in [1.54, 1.807) is 38.2 Å². The number of methoxy groups -OCH3 is 1. The van der Waals surface area contributed by atoms with Gasteiger partial charge in [0.25, 0.3) is 17.5 Å². The summed E-state index contributed by atoms with van der Waals surface area (Å²) in [6, 6.07) is 17.5. The van der Waals surface area contributed by atoms with Crippen LogP contribution >= 0.6 is 0 Å². The highest BCUT2D eigenvalue weighted by Gasteiger charge is 2.25. The molecule has 0 atom stereocenters. The Hall–Kier alpha value is -4.40. The van der Waals surface area contributed by atoms with E-state index in [-0.39, 0.29) is 17.2 Å². The molecule has 1 heterocycles. The van der Waals surface area contributed by atoms with Crippen molar-refractivity contribution in [2.24, 2.45) is 0 Å². The zero-order chi connectivity index (χ0) is 27.4. The minimum atomic E-state index is -0.512. The molecular formula is C29H32N4O5. The Kier molecular flexibility index (Phi) is 7.95. The number of carbonyl (C=O) groups is 2. The smallest absolute Gasteiger partial charge is 0.270 e. The normalized spacial score (nSPS) is 13.6. The predicted molar refractivity (Wildman–Crippen MR) is 147 cm³/mol. The molecule has 38 heavy (non-hydrogen) atoms. The maximum Gasteiger partial charge on any atom is 0.270 e. The molecule has 1 aliphatic heterocycles. The Morgan fingerprint density at radius 1 is 1.03 bits per heavy atom. The van der Waals surface area contributed by atoms with Gasteiger partial charge in [0.05, 0.1) is 17.6 Å². The number of non-ortho nitro benzene ring substituents is 1. The Morgan fingerprint density at radius 3 is 2.32 bits per heavy atom. The maximum absolute atomic E-state index is 13.0. The average Bonchev–Trinajstić information content (AvgIpc) is 2.92. The number of nitrogens with one attached hydrogen (secondary N) is 1. The lowest BCUT2D eigenvalue weighted by Crippen LogP contribution is -2.38. The molecule has 3 aromatic rings. The summed E-state index contributed by atoms with van der Waals surface area (Å²) in [6.45, 7) is 3.28. The maximum atomic E-state index is 13.0. The molecule has 0 spiro atoms. The first kappa shape index (κ1) is 26.7. The van der Waals surface area contributed by atoms with Crippen LogP contribution < -0.4 is 15.0 Å². The van der Waals surface area contributed by atoms with Gasteiger partial charge >= 0.3 is 0 Å². The number of carbonyl (C=O) groups excluding carboxylic acids is 2. The quantitative estimate of drug-likeness (QED) is 0.340. The third-order valence-electron chi connectivity index (χ3n) is 6.87. The molecule has 4 rings (SSSR count). The molecule has 1 saturated heterocycles. The fourth-order valence-corrected chi connectivity index (χ4v) is 4.83. The molecule has 1 aliphatic rings. The molecule has 2 amide bonds. The number of nitro benzene ring substituents is 1. The van der Waals surface area contributed by atoms with Gasteiger partial charge in [-0.05, 0) is 73.2 Å². The molecule has 0 unspecified atom stereocenters. The van der Waals surface area contributed by atoms with Gasteiger partial charge in [0, 0.05) is 56.3 Å². The van der Waals surface area contributed by atoms with E-state index >= 15 is 0 Å². The van der Waals surface area contributed by atoms with Crippen molar-refractivity contribution in [1.29, 1.82) is 0 Å². The van der Waals surface area contributed by atoms with Crippen LogP contribution in [0, 0.1) is 17.0 Å². The second kappa shape index (κ2) is 11.3. The number of hydrogen-bond donors (Lipinski definition) is 1. The van der Waals surface area contributed by atoms with E-state index in [0.717, 1.165) is 24.0 Å². The number of benzene rings is 3. The molecular weight excluding hydrogens is 484 g/mol. The highest BCUT2D eigenvalue weighted by molar-refractivity contribution is 6.08. The van der Waals surface area contributed by atoms with Crippen LogP contribution in [0.1, 0.15) is 50.6 Å². The summed E-state index contributed by atoms with van der Waals surface area (Å²) in [6.07, 6.45) is 1.69. The molecule has 0 aliphatic carbocycles. The van der Waals surface area contributed by atoms with Crippen LogP contribution in [0.2, 0.25) is 0 Å². The fraction of sp³-hybridized carbons (Fsp3) is 0.310. The lowest BCUT2D eigenvalue weighted by Gasteiger charge is -2.32. The number of piperidine rings is 1. The van der Waals surface area contributed by atoms with Crippen LogP contribution in [0.15, 0.2) is 60.7 Å². The first-order valence-electron chi connectivity index (χ1n) is 12.5. The molecule has 9 nitrogen and oxygen atoms in total. The van der Waals surface area contributed by atoms with Crippen molar-refractivity contribution in [1.82, 2.24) is 4.90 Å². The van der Waals surface area contributed by atoms with Gasteiger partial charge < -0.3 is 19.9 Å². The minimum Gasteiger partial charge on any atom is -0.497 e. The summed E-state index contributed by atoms with van der Waals surface area (Å²) in [5, 5.41) is 14.1. The molecule has 198 valence electrons. The first-order valence-corrected chi connectivity index (χ1v) is 12.5. The number of likely N-dealkylation sites (tertiary alicyclic amines) is 1. The zero-order valence-electron chi connectivity index (χ0n) is 22.1. The van der Waals surface area contributed by atoms with E-state index in [2.05, 4.69) is 5.32 Å². The predicted octanol–water partition coefficient (Wildman–Crippen LogP) is 5.25. The second-order valence-corrected chi connectivity index (χ2v) is 9.73. The lowest BCUT2D eigenvalue weighted by atomic mass is 9.89. The number of nitrogens with zero attached hydrogens (tertiary/aromatic N) is 3. The van der Waals surface area contributed by atoms with E-state index in [1.807, 2.05) is 48.2 Å². The molecule has 0 aromatic heterocycles. The van der Waals surface area contributed by atoms with E-state index < -0.39 is 10.8 Å². The minimum absolute atomic E-state index is 0.0155. The third-order valence-corrected chi connectivity index (χ3v) is 6.87. The molecule has 1 fully saturated rings. The summed E-state index contributed by atoms with van der Waals surface area (Å²) in [4.78, 5) is 40.3. The monoisotopic (exact) mass is 516 g/mol. The van der Waals surface area contributed by atoms with Crippen molar-refractivity contribution in [3.05, 3.63) is 93.0 Å². The number of nitro groups is 1. The molecule has 0 radical (unpaired) electrons. The lowest BCUT2D eigenvalue weighted by molar-refractivity contribution is -0.384. The Balaban J connectivity index is 1.39. The van der Waals surface area contributed by atoms with Crippen molar-refractivity contribution in [2.75, 3.05) is 44.5 Å². The topological polar surface area (TPSA) is 105 Å². The van der Waals surface area contributed by atoms with Crippen molar-refractivity contribution in [3.8, 4) is 5.75 Å². The largest absolute Gasteiger partial charge is 0.497 e. The number of hydrogen-bond acceptors (Lipinski definition) is 6. The van der Waals surface area contributed by atoms with Crippen molar-refractivity contribution >= 4 is 28.9 Å². The van der Waals surface area contributed by atoms with Crippen molar-refractivity contribution < 1.29 is 19.2 Å². The van der Waals surface area contributed by atoms with E-state index in [0.29, 0.717) is 41.7 Å². The van der Waals surface area contributed by atoms with Gasteiger partial charge in [-0.2, -0.15) is 0 Å². The summed E-state index contributed by atoms with van der Waals surface area (Å²) in [7, 11) is 5.16. The standard InChI is InChI=1S/C29H32N4O5/c1-19-15-22(17-25(16-19)38-4)29(35)32-13-11-21(12-14-32)20-5-7-23(8-6-20)30-28(34)26-18-24(33(36)37)9-10-27(26)31(2)3/h5-10,15-18,21H,11-14H2,1-4H3,(H,30,34). The molecule has 1 N–H and O–H groups in total. The molecule has 9 heteroatoms. The van der Waals surface area contributed by atoms with Gasteiger partial charge in [-0.3, -0.25) is 19.7 Å². The number of rotatable bonds is 7. The van der Waals surface area contributed by atoms with Gasteiger partial charge in [-0.1, -0.05) is 12.1 Å². The van der Waals surface area contributed by atoms with E-state index in [1.165, 1.54) is 12.1 Å². The number of aryl methyl sites for hydroxylation is 1. The van der Waals surface area contributed by atoms with Crippen LogP contribution in [0.25, 0.3) is 0 Å². The summed E-state index contributed by atoms with van der Waals surface area (Å²) in [5.74, 6) is 0.596. The highest BCUT2D eigenvalue weighted by atomic mass is 16.6. The summed E-state index contributed by atoms with van der Waals surface area (Å²) >= 11 is 0. The van der Waals surface area contributed by atoms with Gasteiger partial charge in [0.2, 0.25) is 0 Å². The van der Waals surface area contributed by atoms with E-state index in [4.69, 9.17) is 4.74 Å². The summed E-state index contributed by atoms with van der Waals surface area (Å²) in [5.41, 5.74) is 4.07. The third kappa shape index (κ3) is 5.94. The molecule has 0 bridgehead atoms. The van der Waals surface area contributed by atoms with Crippen LogP contribution in [-0.2, 0) is 0 Å². The van der Waals surface area contributed by atoms with Gasteiger partial charge in [0.1, 0.15) is 5.75 Å². The number of anilines is 2. The average molecular weight is 517 g/mol. The number of amides is 2. The Labute approximate surface area is 222 Å². The van der Waals surface area contributed by atoms with Crippen LogP contribution in [0.5, 0.6) is 5.75 Å². The highest BCUT2D eigenvalue weighted by Crippen LogP contribution is 2.31. The summed E-state index contributed by atoms with van der Waals surface area (Å²) < 4.78 is 5.31. The van der Waals surface area contributed by atoms with Crippen molar-refractivity contribution in [2.45, 2.75) is 25.7 Å². The van der Waals surface area contributed by atoms with Crippen LogP contribution in [0.3, 0.4) is 0 Å². The van der Waals surface area contributed by atoms with Gasteiger partial charge in [-0.15, -0.1) is 0 Å². The Morgan fingerprint density at radius 2 is 1.71 bits per heavy atom. The van der Waals surface area contributed by atoms with Gasteiger partial charge in [-0.25, -0.2) is 0 Å². The number of ether oxygens (including phenoxy) is 1.